The molecule has 0 spiro atoms. The van der Waals surface area contributed by atoms with Gasteiger partial charge in [-0.05, 0) is 26.0 Å². The van der Waals surface area contributed by atoms with Gasteiger partial charge < -0.3 is 22.4 Å². The molecular formula is C11H15BF3O2-. The second kappa shape index (κ2) is 5.96. The SMILES string of the molecule is CC(C)OCCOc1cccc([B-](F)(F)F)c1. The van der Waals surface area contributed by atoms with Crippen LogP contribution in [-0.2, 0) is 4.74 Å². The molecule has 1 aromatic rings. The monoisotopic (exact) mass is 247 g/mol. The van der Waals surface area contributed by atoms with Gasteiger partial charge in [0.25, 0.3) is 0 Å². The van der Waals surface area contributed by atoms with Crippen molar-refractivity contribution < 1.29 is 22.4 Å². The van der Waals surface area contributed by atoms with Crippen molar-refractivity contribution in [2.75, 3.05) is 13.2 Å². The molecule has 0 heterocycles. The van der Waals surface area contributed by atoms with Gasteiger partial charge in [0.05, 0.1) is 12.7 Å². The van der Waals surface area contributed by atoms with Gasteiger partial charge in [0.2, 0.25) is 0 Å². The molecule has 0 bridgehead atoms. The number of hydrogen-bond donors (Lipinski definition) is 0. The van der Waals surface area contributed by atoms with E-state index in [1.807, 2.05) is 13.8 Å². The normalized spacial score (nSPS) is 11.9. The molecule has 0 aliphatic rings. The molecule has 96 valence electrons. The van der Waals surface area contributed by atoms with Crippen molar-refractivity contribution in [1.82, 2.24) is 0 Å². The van der Waals surface area contributed by atoms with Gasteiger partial charge in [-0.1, -0.05) is 12.1 Å². The van der Waals surface area contributed by atoms with Gasteiger partial charge in [0.15, 0.2) is 0 Å². The number of ether oxygens (including phenoxy) is 2. The fourth-order valence-corrected chi connectivity index (χ4v) is 1.25. The van der Waals surface area contributed by atoms with Crippen molar-refractivity contribution >= 4 is 12.4 Å². The zero-order chi connectivity index (χ0) is 12.9. The molecule has 6 heteroatoms. The van der Waals surface area contributed by atoms with E-state index in [0.29, 0.717) is 6.61 Å². The Hall–Kier alpha value is -1.17. The minimum absolute atomic E-state index is 0.0865. The van der Waals surface area contributed by atoms with Crippen LogP contribution < -0.4 is 10.2 Å². The molecule has 2 nitrogen and oxygen atoms in total. The lowest BCUT2D eigenvalue weighted by Crippen LogP contribution is -2.33. The molecule has 0 aliphatic heterocycles. The van der Waals surface area contributed by atoms with Gasteiger partial charge >= 0.3 is 6.98 Å². The molecule has 0 N–H and O–H groups in total. The van der Waals surface area contributed by atoms with Gasteiger partial charge in [-0.2, -0.15) is 0 Å². The van der Waals surface area contributed by atoms with E-state index in [9.17, 15) is 12.9 Å². The third-order valence-electron chi connectivity index (χ3n) is 2.04. The predicted octanol–water partition coefficient (Wildman–Crippen LogP) is 2.54. The van der Waals surface area contributed by atoms with Crippen LogP contribution in [0.2, 0.25) is 0 Å². The molecule has 0 aliphatic carbocycles. The molecule has 0 aromatic heterocycles. The number of hydrogen-bond acceptors (Lipinski definition) is 2. The van der Waals surface area contributed by atoms with Crippen molar-refractivity contribution in [2.24, 2.45) is 0 Å². The van der Waals surface area contributed by atoms with Crippen LogP contribution in [0.25, 0.3) is 0 Å². The molecule has 0 amide bonds. The highest BCUT2D eigenvalue weighted by Gasteiger charge is 2.25. The topological polar surface area (TPSA) is 18.5 Å². The van der Waals surface area contributed by atoms with Crippen LogP contribution in [0.15, 0.2) is 24.3 Å². The van der Waals surface area contributed by atoms with Crippen molar-refractivity contribution in [2.45, 2.75) is 20.0 Å². The maximum Gasteiger partial charge on any atom is 0.509 e. The smallest absolute Gasteiger partial charge is 0.491 e. The van der Waals surface area contributed by atoms with E-state index in [4.69, 9.17) is 9.47 Å². The average molecular weight is 247 g/mol. The first kappa shape index (κ1) is 13.9. The summed E-state index contributed by atoms with van der Waals surface area (Å²) in [6, 6.07) is 4.89. The van der Waals surface area contributed by atoms with Crippen molar-refractivity contribution in [3.05, 3.63) is 24.3 Å². The van der Waals surface area contributed by atoms with Crippen LogP contribution in [0.4, 0.5) is 12.9 Å². The summed E-state index contributed by atoms with van der Waals surface area (Å²) in [5.74, 6) is 0.217. The highest BCUT2D eigenvalue weighted by atomic mass is 19.4. The maximum absolute atomic E-state index is 12.4. The zero-order valence-electron chi connectivity index (χ0n) is 9.83. The van der Waals surface area contributed by atoms with Crippen LogP contribution in [0.1, 0.15) is 13.8 Å². The fourth-order valence-electron chi connectivity index (χ4n) is 1.25. The van der Waals surface area contributed by atoms with Crippen molar-refractivity contribution in [1.29, 1.82) is 0 Å². The second-order valence-corrected chi connectivity index (χ2v) is 3.92. The third kappa shape index (κ3) is 5.13. The average Bonchev–Trinajstić information content (AvgIpc) is 2.23. The summed E-state index contributed by atoms with van der Waals surface area (Å²) in [5.41, 5.74) is -0.646. The van der Waals surface area contributed by atoms with Crippen LogP contribution >= 0.6 is 0 Å². The highest BCUT2D eigenvalue weighted by molar-refractivity contribution is 6.73. The molecule has 0 atom stereocenters. The van der Waals surface area contributed by atoms with Crippen LogP contribution in [0.3, 0.4) is 0 Å². The summed E-state index contributed by atoms with van der Waals surface area (Å²) in [7, 11) is 0. The molecule has 0 unspecified atom stereocenters. The summed E-state index contributed by atoms with van der Waals surface area (Å²) in [5, 5.41) is 0. The molecule has 0 radical (unpaired) electrons. The molecule has 1 aromatic carbocycles. The highest BCUT2D eigenvalue weighted by Crippen LogP contribution is 2.14. The Morgan fingerprint density at radius 1 is 1.18 bits per heavy atom. The Kier molecular flexibility index (Phi) is 4.87. The number of rotatable bonds is 6. The molecular weight excluding hydrogens is 232 g/mol. The van der Waals surface area contributed by atoms with Crippen LogP contribution in [0, 0.1) is 0 Å². The van der Waals surface area contributed by atoms with E-state index in [1.165, 1.54) is 12.1 Å². The Balaban J connectivity index is 2.49. The molecule has 0 fully saturated rings. The standard InChI is InChI=1S/C11H15BF3O2/c1-9(2)16-6-7-17-11-5-3-4-10(8-11)12(13,14)15/h3-5,8-9H,6-7H2,1-2H3/q-1. The molecule has 17 heavy (non-hydrogen) atoms. The first-order valence-corrected chi connectivity index (χ1v) is 5.44. The quantitative estimate of drug-likeness (QED) is 0.568. The lowest BCUT2D eigenvalue weighted by molar-refractivity contribution is 0.0553. The zero-order valence-corrected chi connectivity index (χ0v) is 9.83. The Bertz CT molecular complexity index is 353. The summed E-state index contributed by atoms with van der Waals surface area (Å²) >= 11 is 0. The van der Waals surface area contributed by atoms with E-state index >= 15 is 0 Å². The van der Waals surface area contributed by atoms with E-state index in [1.54, 1.807) is 0 Å². The maximum atomic E-state index is 12.4. The first-order valence-electron chi connectivity index (χ1n) is 5.44. The Morgan fingerprint density at radius 3 is 2.47 bits per heavy atom. The summed E-state index contributed by atoms with van der Waals surface area (Å²) in [6.45, 7) is -0.604. The summed E-state index contributed by atoms with van der Waals surface area (Å²) < 4.78 is 47.7. The van der Waals surface area contributed by atoms with Gasteiger partial charge in [0.1, 0.15) is 12.4 Å². The van der Waals surface area contributed by atoms with Gasteiger partial charge in [0, 0.05) is 0 Å². The van der Waals surface area contributed by atoms with E-state index in [2.05, 4.69) is 0 Å². The minimum atomic E-state index is -4.97. The number of benzene rings is 1. The summed E-state index contributed by atoms with van der Waals surface area (Å²) in [6.07, 6.45) is 0.0865. The van der Waals surface area contributed by atoms with E-state index in [-0.39, 0.29) is 18.5 Å². The molecule has 1 rings (SSSR count). The van der Waals surface area contributed by atoms with Crippen molar-refractivity contribution in [3.8, 4) is 5.75 Å². The lowest BCUT2D eigenvalue weighted by Gasteiger charge is -2.16. The Morgan fingerprint density at radius 2 is 1.88 bits per heavy atom. The predicted molar refractivity (Wildman–Crippen MR) is 61.7 cm³/mol. The van der Waals surface area contributed by atoms with Gasteiger partial charge in [-0.3, -0.25) is 0 Å². The van der Waals surface area contributed by atoms with E-state index < -0.39 is 12.4 Å². The van der Waals surface area contributed by atoms with Crippen LogP contribution in [0.5, 0.6) is 5.75 Å². The molecule has 0 saturated carbocycles. The summed E-state index contributed by atoms with van der Waals surface area (Å²) in [4.78, 5) is 0. The van der Waals surface area contributed by atoms with E-state index in [0.717, 1.165) is 12.1 Å². The third-order valence-corrected chi connectivity index (χ3v) is 2.04. The Labute approximate surface area is 98.8 Å². The first-order chi connectivity index (χ1) is 7.89. The second-order valence-electron chi connectivity index (χ2n) is 3.92. The minimum Gasteiger partial charge on any atom is -0.491 e. The lowest BCUT2D eigenvalue weighted by atomic mass is 9.80. The van der Waals surface area contributed by atoms with Crippen LogP contribution in [-0.4, -0.2) is 26.3 Å². The fraction of sp³-hybridized carbons (Fsp3) is 0.455. The molecule has 0 saturated heterocycles. The van der Waals surface area contributed by atoms with Gasteiger partial charge in [-0.15, -0.1) is 5.46 Å². The van der Waals surface area contributed by atoms with Gasteiger partial charge in [-0.25, -0.2) is 0 Å². The number of halogens is 3. The largest absolute Gasteiger partial charge is 0.509 e. The van der Waals surface area contributed by atoms with Crippen molar-refractivity contribution in [3.63, 3.8) is 0 Å².